The molecule has 13 heavy (non-hydrogen) atoms. The van der Waals surface area contributed by atoms with Gasteiger partial charge in [0.25, 0.3) is 0 Å². The van der Waals surface area contributed by atoms with E-state index in [9.17, 15) is 0 Å². The molecule has 0 saturated carbocycles. The summed E-state index contributed by atoms with van der Waals surface area (Å²) in [5.74, 6) is 1.39. The molecule has 0 radical (unpaired) electrons. The Bertz CT molecular complexity index is 245. The van der Waals surface area contributed by atoms with E-state index in [1.807, 2.05) is 19.3 Å². The van der Waals surface area contributed by atoms with Gasteiger partial charge in [-0.3, -0.25) is 0 Å². The number of aliphatic hydroxyl groups is 1. The van der Waals surface area contributed by atoms with Crippen LogP contribution >= 0.6 is 0 Å². The Labute approximate surface area is 79.4 Å². The third kappa shape index (κ3) is 2.84. The largest absolute Gasteiger partial charge is 0.396 e. The van der Waals surface area contributed by atoms with Gasteiger partial charge in [-0.1, -0.05) is 13.8 Å². The molecule has 1 N–H and O–H groups in total. The highest BCUT2D eigenvalue weighted by Crippen LogP contribution is 2.06. The summed E-state index contributed by atoms with van der Waals surface area (Å²) in [6, 6.07) is 0. The van der Waals surface area contributed by atoms with Crippen molar-refractivity contribution in [2.45, 2.75) is 33.2 Å². The van der Waals surface area contributed by atoms with Gasteiger partial charge in [-0.25, -0.2) is 4.98 Å². The maximum atomic E-state index is 8.92. The summed E-state index contributed by atoms with van der Waals surface area (Å²) in [5.41, 5.74) is 0. The number of aliphatic hydroxyl groups excluding tert-OH is 1. The van der Waals surface area contributed by atoms with Gasteiger partial charge in [-0.2, -0.15) is 0 Å². The molecule has 0 aliphatic rings. The monoisotopic (exact) mass is 182 g/mol. The molecule has 1 unspecified atom stereocenters. The average molecular weight is 182 g/mol. The Kier molecular flexibility index (Phi) is 3.96. The Morgan fingerprint density at radius 3 is 3.00 bits per heavy atom. The Balaban J connectivity index is 2.59. The van der Waals surface area contributed by atoms with Crippen molar-refractivity contribution in [2.75, 3.05) is 6.61 Å². The highest BCUT2D eigenvalue weighted by molar-refractivity contribution is 4.93. The molecule has 1 aromatic heterocycles. The first-order chi connectivity index (χ1) is 6.27. The first-order valence-electron chi connectivity index (χ1n) is 4.88. The third-order valence-corrected chi connectivity index (χ3v) is 2.11. The van der Waals surface area contributed by atoms with Crippen LogP contribution in [0.1, 0.15) is 26.1 Å². The zero-order valence-electron chi connectivity index (χ0n) is 8.40. The molecule has 1 atom stereocenters. The van der Waals surface area contributed by atoms with Crippen molar-refractivity contribution < 1.29 is 5.11 Å². The highest BCUT2D eigenvalue weighted by Gasteiger charge is 2.06. The Hall–Kier alpha value is -0.830. The van der Waals surface area contributed by atoms with E-state index >= 15 is 0 Å². The molecule has 1 rings (SSSR count). The van der Waals surface area contributed by atoms with Crippen LogP contribution in [0.5, 0.6) is 0 Å². The van der Waals surface area contributed by atoms with Crippen molar-refractivity contribution >= 4 is 0 Å². The normalized spacial score (nSPS) is 13.2. The second-order valence-electron chi connectivity index (χ2n) is 3.53. The maximum Gasteiger partial charge on any atom is 0.108 e. The molecule has 74 valence electrons. The van der Waals surface area contributed by atoms with Gasteiger partial charge >= 0.3 is 0 Å². The summed E-state index contributed by atoms with van der Waals surface area (Å²) in [7, 11) is 0. The number of aromatic nitrogens is 2. The number of imidazole rings is 1. The fourth-order valence-electron chi connectivity index (χ4n) is 1.35. The van der Waals surface area contributed by atoms with Crippen molar-refractivity contribution in [3.05, 3.63) is 18.2 Å². The van der Waals surface area contributed by atoms with Crippen LogP contribution < -0.4 is 0 Å². The molecule has 0 aliphatic carbocycles. The van der Waals surface area contributed by atoms with Crippen LogP contribution in [-0.2, 0) is 13.0 Å². The second kappa shape index (κ2) is 5.02. The van der Waals surface area contributed by atoms with Crippen molar-refractivity contribution in [2.24, 2.45) is 5.92 Å². The predicted molar refractivity (Wildman–Crippen MR) is 52.5 cm³/mol. The lowest BCUT2D eigenvalue weighted by atomic mass is 10.1. The van der Waals surface area contributed by atoms with Crippen LogP contribution in [-0.4, -0.2) is 21.3 Å². The molecule has 1 aromatic rings. The molecular weight excluding hydrogens is 164 g/mol. The van der Waals surface area contributed by atoms with Gasteiger partial charge in [0.05, 0.1) is 0 Å². The van der Waals surface area contributed by atoms with Crippen molar-refractivity contribution in [1.29, 1.82) is 0 Å². The fourth-order valence-corrected chi connectivity index (χ4v) is 1.35. The standard InChI is InChI=1S/C10H18N2O/c1-3-5-12-6-4-11-10(12)7-9(2)8-13/h4,6,9,13H,3,5,7-8H2,1-2H3. The SMILES string of the molecule is CCCn1ccnc1CC(C)CO. The predicted octanol–water partition coefficient (Wildman–Crippen LogP) is 1.46. The fraction of sp³-hybridized carbons (Fsp3) is 0.700. The zero-order chi connectivity index (χ0) is 9.68. The third-order valence-electron chi connectivity index (χ3n) is 2.11. The Morgan fingerprint density at radius 2 is 2.38 bits per heavy atom. The summed E-state index contributed by atoms with van der Waals surface area (Å²) in [4.78, 5) is 4.27. The van der Waals surface area contributed by atoms with Crippen LogP contribution in [0.25, 0.3) is 0 Å². The first-order valence-corrected chi connectivity index (χ1v) is 4.88. The average Bonchev–Trinajstić information content (AvgIpc) is 2.54. The van der Waals surface area contributed by atoms with Crippen molar-refractivity contribution in [3.63, 3.8) is 0 Å². The van der Waals surface area contributed by atoms with E-state index < -0.39 is 0 Å². The van der Waals surface area contributed by atoms with E-state index in [1.54, 1.807) is 0 Å². The van der Waals surface area contributed by atoms with Gasteiger partial charge in [0.2, 0.25) is 0 Å². The summed E-state index contributed by atoms with van der Waals surface area (Å²) in [5, 5.41) is 8.92. The lowest BCUT2D eigenvalue weighted by molar-refractivity contribution is 0.234. The van der Waals surface area contributed by atoms with E-state index in [0.29, 0.717) is 5.92 Å². The molecule has 0 spiro atoms. The second-order valence-corrected chi connectivity index (χ2v) is 3.53. The zero-order valence-corrected chi connectivity index (χ0v) is 8.40. The van der Waals surface area contributed by atoms with Gasteiger partial charge in [0.15, 0.2) is 0 Å². The van der Waals surface area contributed by atoms with E-state index in [2.05, 4.69) is 16.5 Å². The van der Waals surface area contributed by atoms with Gasteiger partial charge in [-0.15, -0.1) is 0 Å². The van der Waals surface area contributed by atoms with Crippen molar-refractivity contribution in [3.8, 4) is 0 Å². The molecule has 0 amide bonds. The van der Waals surface area contributed by atoms with Crippen LogP contribution in [0.3, 0.4) is 0 Å². The lowest BCUT2D eigenvalue weighted by Crippen LogP contribution is -2.10. The number of nitrogens with zero attached hydrogens (tertiary/aromatic N) is 2. The highest BCUT2D eigenvalue weighted by atomic mass is 16.3. The van der Waals surface area contributed by atoms with Gasteiger partial charge in [0, 0.05) is 32.0 Å². The number of rotatable bonds is 5. The summed E-state index contributed by atoms with van der Waals surface area (Å²) < 4.78 is 2.16. The van der Waals surface area contributed by atoms with E-state index in [-0.39, 0.29) is 6.61 Å². The minimum Gasteiger partial charge on any atom is -0.396 e. The minimum atomic E-state index is 0.235. The number of aryl methyl sites for hydroxylation is 1. The molecule has 0 aromatic carbocycles. The van der Waals surface area contributed by atoms with Crippen LogP contribution in [0.2, 0.25) is 0 Å². The Morgan fingerprint density at radius 1 is 1.62 bits per heavy atom. The summed E-state index contributed by atoms with van der Waals surface area (Å²) in [6.07, 6.45) is 5.82. The maximum absolute atomic E-state index is 8.92. The van der Waals surface area contributed by atoms with E-state index in [1.165, 1.54) is 0 Å². The molecule has 0 aliphatic heterocycles. The molecule has 3 heteroatoms. The smallest absolute Gasteiger partial charge is 0.108 e. The molecule has 0 bridgehead atoms. The van der Waals surface area contributed by atoms with Gasteiger partial charge in [-0.05, 0) is 12.3 Å². The summed E-state index contributed by atoms with van der Waals surface area (Å²) >= 11 is 0. The molecule has 0 saturated heterocycles. The molecule has 1 heterocycles. The topological polar surface area (TPSA) is 38.0 Å². The summed E-state index contributed by atoms with van der Waals surface area (Å²) in [6.45, 7) is 5.44. The first kappa shape index (κ1) is 10.3. The van der Waals surface area contributed by atoms with E-state index in [4.69, 9.17) is 5.11 Å². The van der Waals surface area contributed by atoms with Crippen LogP contribution in [0.15, 0.2) is 12.4 Å². The van der Waals surface area contributed by atoms with Crippen LogP contribution in [0.4, 0.5) is 0 Å². The molecule has 0 fully saturated rings. The minimum absolute atomic E-state index is 0.235. The van der Waals surface area contributed by atoms with Crippen LogP contribution in [0, 0.1) is 5.92 Å². The number of hydrogen-bond donors (Lipinski definition) is 1. The van der Waals surface area contributed by atoms with E-state index in [0.717, 1.165) is 25.2 Å². The van der Waals surface area contributed by atoms with Crippen molar-refractivity contribution in [1.82, 2.24) is 9.55 Å². The van der Waals surface area contributed by atoms with Gasteiger partial charge in [0.1, 0.15) is 5.82 Å². The number of hydrogen-bond acceptors (Lipinski definition) is 2. The van der Waals surface area contributed by atoms with Gasteiger partial charge < -0.3 is 9.67 Å². The molecule has 3 nitrogen and oxygen atoms in total. The lowest BCUT2D eigenvalue weighted by Gasteiger charge is -2.09. The quantitative estimate of drug-likeness (QED) is 0.748. The molecular formula is C10H18N2O.